The minimum absolute atomic E-state index is 0.0596. The molecule has 0 amide bonds. The highest BCUT2D eigenvalue weighted by molar-refractivity contribution is 7.56. The summed E-state index contributed by atoms with van der Waals surface area (Å²) in [7, 11) is -4.43. The van der Waals surface area contributed by atoms with E-state index >= 15 is 4.39 Å². The molecule has 1 unspecified atom stereocenters. The van der Waals surface area contributed by atoms with E-state index in [9.17, 15) is 9.36 Å². The number of rotatable bonds is 9. The van der Waals surface area contributed by atoms with Gasteiger partial charge in [-0.2, -0.15) is 0 Å². The summed E-state index contributed by atoms with van der Waals surface area (Å²) < 4.78 is 45.5. The van der Waals surface area contributed by atoms with E-state index in [1.165, 1.54) is 6.20 Å². The Hall–Kier alpha value is -1.76. The number of nitrogens with zero attached hydrogens (tertiary/aromatic N) is 2. The Bertz CT molecular complexity index is 771. The fraction of sp³-hybridized carbons (Fsp3) is 0.500. The van der Waals surface area contributed by atoms with Crippen LogP contribution in [0, 0.1) is 0 Å². The van der Waals surface area contributed by atoms with Crippen molar-refractivity contribution in [3.05, 3.63) is 36.3 Å². The first kappa shape index (κ1) is 19.6. The molecular weight excluding hydrogens is 350 g/mol. The lowest BCUT2D eigenvalue weighted by atomic mass is 10.2. The average molecular weight is 372 g/mol. The lowest BCUT2D eigenvalue weighted by Gasteiger charge is -2.30. The van der Waals surface area contributed by atoms with Gasteiger partial charge in [-0.15, -0.1) is 0 Å². The van der Waals surface area contributed by atoms with Crippen molar-refractivity contribution in [1.29, 1.82) is 0 Å². The van der Waals surface area contributed by atoms with E-state index in [2.05, 4.69) is 4.98 Å². The third-order valence-electron chi connectivity index (χ3n) is 3.53. The van der Waals surface area contributed by atoms with Crippen molar-refractivity contribution in [2.24, 2.45) is 0 Å². The number of imidazole rings is 1. The van der Waals surface area contributed by atoms with Gasteiger partial charge in [0, 0.05) is 24.5 Å². The minimum Gasteiger partial charge on any atom is -0.463 e. The molecule has 9 heteroatoms. The summed E-state index contributed by atoms with van der Waals surface area (Å²) in [6, 6.07) is 5.26. The molecule has 0 saturated heterocycles. The molecule has 0 aliphatic carbocycles. The highest BCUT2D eigenvalue weighted by Crippen LogP contribution is 2.62. The van der Waals surface area contributed by atoms with Gasteiger partial charge in [-0.05, 0) is 32.9 Å². The Morgan fingerprint density at radius 3 is 2.52 bits per heavy atom. The largest absolute Gasteiger partial charge is 0.463 e. The van der Waals surface area contributed by atoms with Crippen LogP contribution in [0.4, 0.5) is 4.39 Å². The molecule has 2 aromatic rings. The van der Waals surface area contributed by atoms with Crippen LogP contribution in [0.1, 0.15) is 26.5 Å². The number of pyridine rings is 1. The Labute approximate surface area is 145 Å². The van der Waals surface area contributed by atoms with Gasteiger partial charge < -0.3 is 18.2 Å². The van der Waals surface area contributed by atoms with Crippen LogP contribution in [0.3, 0.4) is 0 Å². The zero-order valence-electron chi connectivity index (χ0n) is 14.5. The maximum atomic E-state index is 15.9. The Kier molecular flexibility index (Phi) is 6.32. The van der Waals surface area contributed by atoms with E-state index in [1.54, 1.807) is 49.6 Å². The molecular formula is C16H22FN2O5P. The van der Waals surface area contributed by atoms with Crippen molar-refractivity contribution in [2.75, 3.05) is 19.8 Å². The van der Waals surface area contributed by atoms with Gasteiger partial charge in [0.05, 0.1) is 19.8 Å². The summed E-state index contributed by atoms with van der Waals surface area (Å²) in [5.74, 6) is -1.27. The van der Waals surface area contributed by atoms with Crippen LogP contribution >= 0.6 is 7.60 Å². The van der Waals surface area contributed by atoms with Crippen LogP contribution in [0.2, 0.25) is 0 Å². The number of halogens is 1. The molecule has 0 N–H and O–H groups in total. The fourth-order valence-electron chi connectivity index (χ4n) is 2.46. The third-order valence-corrected chi connectivity index (χ3v) is 5.93. The Morgan fingerprint density at radius 1 is 1.24 bits per heavy atom. The van der Waals surface area contributed by atoms with Crippen LogP contribution in [0.25, 0.3) is 5.65 Å². The van der Waals surface area contributed by atoms with E-state index in [4.69, 9.17) is 13.8 Å². The molecule has 2 heterocycles. The predicted octanol–water partition coefficient (Wildman–Crippen LogP) is 3.37. The topological polar surface area (TPSA) is 79.1 Å². The number of hydrogen-bond donors (Lipinski definition) is 0. The quantitative estimate of drug-likeness (QED) is 0.496. The second kappa shape index (κ2) is 8.08. The lowest BCUT2D eigenvalue weighted by Crippen LogP contribution is -2.39. The summed E-state index contributed by atoms with van der Waals surface area (Å²) in [4.78, 5) is 16.5. The molecule has 0 spiro atoms. The molecule has 0 aliphatic heterocycles. The first-order valence-corrected chi connectivity index (χ1v) is 9.62. The highest BCUT2D eigenvalue weighted by Gasteiger charge is 2.60. The van der Waals surface area contributed by atoms with Crippen molar-refractivity contribution in [2.45, 2.75) is 32.6 Å². The molecule has 2 rings (SSSR count). The third kappa shape index (κ3) is 3.76. The number of esters is 1. The van der Waals surface area contributed by atoms with E-state index in [0.717, 1.165) is 0 Å². The van der Waals surface area contributed by atoms with Crippen LogP contribution in [-0.4, -0.2) is 40.6 Å². The van der Waals surface area contributed by atoms with Crippen LogP contribution in [0.5, 0.6) is 0 Å². The first-order chi connectivity index (χ1) is 11.9. The maximum Gasteiger partial charge on any atom is 0.379 e. The fourth-order valence-corrected chi connectivity index (χ4v) is 4.27. The monoisotopic (exact) mass is 372 g/mol. The van der Waals surface area contributed by atoms with E-state index in [1.807, 2.05) is 0 Å². The van der Waals surface area contributed by atoms with E-state index < -0.39 is 25.4 Å². The number of carbonyl (C=O) groups is 1. The maximum absolute atomic E-state index is 15.9. The number of fused-ring (bicyclic) bond motifs is 1. The van der Waals surface area contributed by atoms with Gasteiger partial charge in [0.25, 0.3) is 0 Å². The zero-order valence-corrected chi connectivity index (χ0v) is 15.4. The summed E-state index contributed by atoms with van der Waals surface area (Å²) in [5, 5.41) is -2.97. The van der Waals surface area contributed by atoms with Crippen molar-refractivity contribution in [3.63, 3.8) is 0 Å². The summed E-state index contributed by atoms with van der Waals surface area (Å²) >= 11 is 0. The van der Waals surface area contributed by atoms with Crippen LogP contribution < -0.4 is 0 Å². The molecule has 0 saturated carbocycles. The van der Waals surface area contributed by atoms with Gasteiger partial charge in [-0.1, -0.05) is 6.07 Å². The van der Waals surface area contributed by atoms with E-state index in [-0.39, 0.29) is 19.8 Å². The van der Waals surface area contributed by atoms with Crippen molar-refractivity contribution < 1.29 is 27.5 Å². The molecule has 0 aromatic carbocycles. The van der Waals surface area contributed by atoms with E-state index in [0.29, 0.717) is 11.3 Å². The van der Waals surface area contributed by atoms with Crippen molar-refractivity contribution in [1.82, 2.24) is 9.38 Å². The molecule has 1 atom stereocenters. The second-order valence-electron chi connectivity index (χ2n) is 5.17. The number of hydrogen-bond acceptors (Lipinski definition) is 6. The van der Waals surface area contributed by atoms with Crippen molar-refractivity contribution >= 4 is 19.2 Å². The predicted molar refractivity (Wildman–Crippen MR) is 90.2 cm³/mol. The number of carbonyl (C=O) groups excluding carboxylic acids is 1. The second-order valence-corrected chi connectivity index (χ2v) is 7.39. The van der Waals surface area contributed by atoms with Crippen molar-refractivity contribution in [3.8, 4) is 0 Å². The zero-order chi connectivity index (χ0) is 18.5. The van der Waals surface area contributed by atoms with Gasteiger partial charge >= 0.3 is 19.0 Å². The van der Waals surface area contributed by atoms with Gasteiger partial charge in [-0.3, -0.25) is 4.57 Å². The average Bonchev–Trinajstić information content (AvgIpc) is 2.98. The number of aromatic nitrogens is 2. The molecule has 0 radical (unpaired) electrons. The standard InChI is InChI=1S/C16H22FN2O5P/c1-4-22-15(20)16(17,25(21,23-5-2)24-6-3)11-13-12-18-14-9-7-8-10-19(13)14/h7-10,12H,4-6,11H2,1-3H3. The van der Waals surface area contributed by atoms with Gasteiger partial charge in [0.2, 0.25) is 0 Å². The Balaban J connectivity index is 2.51. The minimum atomic E-state index is -4.43. The smallest absolute Gasteiger partial charge is 0.379 e. The van der Waals surface area contributed by atoms with Crippen LogP contribution in [-0.2, 0) is 29.6 Å². The molecule has 0 fully saturated rings. The lowest BCUT2D eigenvalue weighted by molar-refractivity contribution is -0.153. The molecule has 7 nitrogen and oxygen atoms in total. The molecule has 0 aliphatic rings. The number of alkyl halides is 1. The first-order valence-electron chi connectivity index (χ1n) is 8.08. The summed E-state index contributed by atoms with van der Waals surface area (Å²) in [6.45, 7) is 4.43. The molecule has 25 heavy (non-hydrogen) atoms. The van der Waals surface area contributed by atoms with Gasteiger partial charge in [0.1, 0.15) is 5.65 Å². The summed E-state index contributed by atoms with van der Waals surface area (Å²) in [6.07, 6.45) is 2.55. The SMILES string of the molecule is CCOC(=O)C(F)(Cc1cnc2ccccn12)P(=O)(OCC)OCC. The number of ether oxygens (including phenoxy) is 1. The molecule has 2 aromatic heterocycles. The van der Waals surface area contributed by atoms with Crippen LogP contribution in [0.15, 0.2) is 30.6 Å². The summed E-state index contributed by atoms with van der Waals surface area (Å²) in [5.41, 5.74) is 0.928. The molecule has 138 valence electrons. The van der Waals surface area contributed by atoms with Gasteiger partial charge in [-0.25, -0.2) is 14.2 Å². The highest BCUT2D eigenvalue weighted by atomic mass is 31.2. The molecule has 0 bridgehead atoms. The van der Waals surface area contributed by atoms with Gasteiger partial charge in [0.15, 0.2) is 0 Å². The normalized spacial score (nSPS) is 14.4. The Morgan fingerprint density at radius 2 is 1.92 bits per heavy atom.